The maximum Gasteiger partial charge on any atom is 0.221 e. The molecule has 1 fully saturated rings. The normalized spacial score (nSPS) is 15.2. The molecule has 30 heavy (non-hydrogen) atoms. The Labute approximate surface area is 178 Å². The molecule has 0 aliphatic carbocycles. The summed E-state index contributed by atoms with van der Waals surface area (Å²) in [5.74, 6) is 1.06. The minimum absolute atomic E-state index is 0.279. The SMILES string of the molecule is CN1CCN(CCCNc2nc(N)ncc2-c2cccc(-c3ccccn3)c2)CC1. The number of piperazine rings is 1. The first-order chi connectivity index (χ1) is 14.7. The number of nitrogens with zero attached hydrogens (tertiary/aromatic N) is 5. The molecule has 0 radical (unpaired) electrons. The largest absolute Gasteiger partial charge is 0.369 e. The summed E-state index contributed by atoms with van der Waals surface area (Å²) >= 11 is 0. The molecule has 4 rings (SSSR count). The second kappa shape index (κ2) is 9.65. The molecular weight excluding hydrogens is 374 g/mol. The zero-order valence-corrected chi connectivity index (χ0v) is 17.5. The van der Waals surface area contributed by atoms with Gasteiger partial charge in [0.25, 0.3) is 0 Å². The lowest BCUT2D eigenvalue weighted by molar-refractivity contribution is 0.154. The van der Waals surface area contributed by atoms with Crippen LogP contribution in [0.2, 0.25) is 0 Å². The zero-order valence-electron chi connectivity index (χ0n) is 17.5. The average Bonchev–Trinajstić information content (AvgIpc) is 2.79. The van der Waals surface area contributed by atoms with Crippen molar-refractivity contribution in [1.82, 2.24) is 24.8 Å². The predicted molar refractivity (Wildman–Crippen MR) is 122 cm³/mol. The highest BCUT2D eigenvalue weighted by Gasteiger charge is 2.14. The van der Waals surface area contributed by atoms with E-state index in [0.717, 1.165) is 73.9 Å². The van der Waals surface area contributed by atoms with Gasteiger partial charge in [-0.3, -0.25) is 4.98 Å². The van der Waals surface area contributed by atoms with Crippen LogP contribution in [0.4, 0.5) is 11.8 Å². The Kier molecular flexibility index (Phi) is 6.51. The third-order valence-corrected chi connectivity index (χ3v) is 5.48. The predicted octanol–water partition coefficient (Wildman–Crippen LogP) is 2.84. The van der Waals surface area contributed by atoms with Gasteiger partial charge in [0.15, 0.2) is 0 Å². The molecule has 3 N–H and O–H groups in total. The fourth-order valence-corrected chi connectivity index (χ4v) is 3.70. The average molecular weight is 404 g/mol. The minimum atomic E-state index is 0.279. The lowest BCUT2D eigenvalue weighted by atomic mass is 10.0. The number of nitrogens with one attached hydrogen (secondary N) is 1. The Morgan fingerprint density at radius 3 is 2.63 bits per heavy atom. The summed E-state index contributed by atoms with van der Waals surface area (Å²) in [4.78, 5) is 18.0. The van der Waals surface area contributed by atoms with Crippen LogP contribution in [0.5, 0.6) is 0 Å². The maximum atomic E-state index is 5.88. The van der Waals surface area contributed by atoms with Gasteiger partial charge in [-0.25, -0.2) is 4.98 Å². The molecule has 0 spiro atoms. The number of hydrogen-bond donors (Lipinski definition) is 2. The molecule has 7 heteroatoms. The Hall–Kier alpha value is -3.03. The van der Waals surface area contributed by atoms with Crippen molar-refractivity contribution < 1.29 is 0 Å². The number of hydrogen-bond acceptors (Lipinski definition) is 7. The number of rotatable bonds is 7. The van der Waals surface area contributed by atoms with Gasteiger partial charge in [0.2, 0.25) is 5.95 Å². The second-order valence-electron chi connectivity index (χ2n) is 7.71. The number of nitrogens with two attached hydrogens (primary N) is 1. The Morgan fingerprint density at radius 1 is 1.00 bits per heavy atom. The van der Waals surface area contributed by atoms with Gasteiger partial charge in [-0.15, -0.1) is 0 Å². The van der Waals surface area contributed by atoms with Crippen molar-refractivity contribution in [1.29, 1.82) is 0 Å². The number of aromatic nitrogens is 3. The van der Waals surface area contributed by atoms with E-state index < -0.39 is 0 Å². The van der Waals surface area contributed by atoms with Crippen LogP contribution < -0.4 is 11.1 Å². The van der Waals surface area contributed by atoms with Crippen molar-refractivity contribution in [3.05, 3.63) is 54.9 Å². The van der Waals surface area contributed by atoms with Gasteiger partial charge < -0.3 is 20.9 Å². The first-order valence-corrected chi connectivity index (χ1v) is 10.5. The van der Waals surface area contributed by atoms with Crippen molar-refractivity contribution in [2.24, 2.45) is 0 Å². The van der Waals surface area contributed by atoms with E-state index in [1.54, 1.807) is 6.20 Å². The Morgan fingerprint density at radius 2 is 1.83 bits per heavy atom. The molecule has 1 aromatic carbocycles. The Balaban J connectivity index is 1.45. The van der Waals surface area contributed by atoms with E-state index in [1.807, 2.05) is 30.5 Å². The summed E-state index contributed by atoms with van der Waals surface area (Å²) in [6.45, 7) is 6.51. The Bertz CT molecular complexity index is 953. The monoisotopic (exact) mass is 403 g/mol. The van der Waals surface area contributed by atoms with E-state index in [2.05, 4.69) is 55.3 Å². The van der Waals surface area contributed by atoms with Crippen LogP contribution in [0.15, 0.2) is 54.9 Å². The lowest BCUT2D eigenvalue weighted by Crippen LogP contribution is -2.44. The maximum absolute atomic E-state index is 5.88. The van der Waals surface area contributed by atoms with Gasteiger partial charge in [-0.2, -0.15) is 4.98 Å². The molecular formula is C23H29N7. The van der Waals surface area contributed by atoms with Gasteiger partial charge in [0.1, 0.15) is 5.82 Å². The van der Waals surface area contributed by atoms with Crippen molar-refractivity contribution in [3.8, 4) is 22.4 Å². The molecule has 3 heterocycles. The summed E-state index contributed by atoms with van der Waals surface area (Å²) in [5, 5.41) is 3.48. The van der Waals surface area contributed by atoms with Crippen LogP contribution in [0.3, 0.4) is 0 Å². The van der Waals surface area contributed by atoms with Crippen LogP contribution >= 0.6 is 0 Å². The summed E-state index contributed by atoms with van der Waals surface area (Å²) < 4.78 is 0. The number of nitrogen functional groups attached to an aromatic ring is 1. The second-order valence-corrected chi connectivity index (χ2v) is 7.71. The molecule has 0 atom stereocenters. The fraction of sp³-hybridized carbons (Fsp3) is 0.348. The molecule has 0 amide bonds. The van der Waals surface area contributed by atoms with Gasteiger partial charge in [-0.05, 0) is 43.8 Å². The molecule has 1 saturated heterocycles. The van der Waals surface area contributed by atoms with E-state index in [4.69, 9.17) is 5.73 Å². The van der Waals surface area contributed by atoms with E-state index in [1.165, 1.54) is 0 Å². The van der Waals surface area contributed by atoms with Crippen LogP contribution in [-0.4, -0.2) is 71.1 Å². The smallest absolute Gasteiger partial charge is 0.221 e. The summed E-state index contributed by atoms with van der Waals surface area (Å²) in [7, 11) is 2.18. The van der Waals surface area contributed by atoms with Gasteiger partial charge in [0, 0.05) is 56.2 Å². The van der Waals surface area contributed by atoms with E-state index >= 15 is 0 Å². The minimum Gasteiger partial charge on any atom is -0.369 e. The molecule has 7 nitrogen and oxygen atoms in total. The number of likely N-dealkylation sites (N-methyl/N-ethyl adjacent to an activating group) is 1. The van der Waals surface area contributed by atoms with Gasteiger partial charge in [0.05, 0.1) is 5.69 Å². The van der Waals surface area contributed by atoms with E-state index in [0.29, 0.717) is 0 Å². The molecule has 1 aliphatic heterocycles. The van der Waals surface area contributed by atoms with Gasteiger partial charge in [-0.1, -0.05) is 24.3 Å². The standard InChI is InChI=1S/C23H29N7/c1-29-12-14-30(15-13-29)11-5-10-26-22-20(17-27-23(24)28-22)18-6-4-7-19(16-18)21-8-2-3-9-25-21/h2-4,6-9,16-17H,5,10-15H2,1H3,(H3,24,26,27,28). The molecule has 156 valence electrons. The number of pyridine rings is 1. The van der Waals surface area contributed by atoms with Crippen LogP contribution in [0.25, 0.3) is 22.4 Å². The van der Waals surface area contributed by atoms with Crippen LogP contribution in [0, 0.1) is 0 Å². The van der Waals surface area contributed by atoms with Crippen molar-refractivity contribution >= 4 is 11.8 Å². The lowest BCUT2D eigenvalue weighted by Gasteiger charge is -2.32. The molecule has 0 saturated carbocycles. The van der Waals surface area contributed by atoms with Crippen molar-refractivity contribution in [2.45, 2.75) is 6.42 Å². The third-order valence-electron chi connectivity index (χ3n) is 5.48. The molecule has 3 aromatic rings. The molecule has 1 aliphatic rings. The third kappa shape index (κ3) is 5.11. The molecule has 2 aromatic heterocycles. The van der Waals surface area contributed by atoms with Crippen molar-refractivity contribution in [2.75, 3.05) is 57.4 Å². The molecule has 0 bridgehead atoms. The fourth-order valence-electron chi connectivity index (χ4n) is 3.70. The molecule has 0 unspecified atom stereocenters. The van der Waals surface area contributed by atoms with Crippen molar-refractivity contribution in [3.63, 3.8) is 0 Å². The van der Waals surface area contributed by atoms with Crippen LogP contribution in [-0.2, 0) is 0 Å². The highest BCUT2D eigenvalue weighted by molar-refractivity contribution is 5.78. The summed E-state index contributed by atoms with van der Waals surface area (Å²) in [5.41, 5.74) is 9.87. The highest BCUT2D eigenvalue weighted by atomic mass is 15.2. The number of anilines is 2. The quantitative estimate of drug-likeness (QED) is 0.587. The van der Waals surface area contributed by atoms with Crippen LogP contribution in [0.1, 0.15) is 6.42 Å². The number of benzene rings is 1. The first-order valence-electron chi connectivity index (χ1n) is 10.5. The highest BCUT2D eigenvalue weighted by Crippen LogP contribution is 2.29. The first kappa shape index (κ1) is 20.3. The summed E-state index contributed by atoms with van der Waals surface area (Å²) in [6, 6.07) is 14.2. The topological polar surface area (TPSA) is 83.2 Å². The van der Waals surface area contributed by atoms with E-state index in [9.17, 15) is 0 Å². The summed E-state index contributed by atoms with van der Waals surface area (Å²) in [6.07, 6.45) is 4.66. The van der Waals surface area contributed by atoms with E-state index in [-0.39, 0.29) is 5.95 Å². The zero-order chi connectivity index (χ0) is 20.8. The van der Waals surface area contributed by atoms with Gasteiger partial charge >= 0.3 is 0 Å².